The van der Waals surface area contributed by atoms with E-state index in [4.69, 9.17) is 5.73 Å². The predicted molar refractivity (Wildman–Crippen MR) is 83.0 cm³/mol. The first kappa shape index (κ1) is 15.0. The predicted octanol–water partition coefficient (Wildman–Crippen LogP) is 2.96. The molecule has 1 aliphatic heterocycles. The van der Waals surface area contributed by atoms with Gasteiger partial charge >= 0.3 is 0 Å². The highest BCUT2D eigenvalue weighted by Gasteiger charge is 2.27. The summed E-state index contributed by atoms with van der Waals surface area (Å²) in [5.41, 5.74) is 10.1. The Morgan fingerprint density at radius 2 is 1.85 bits per heavy atom. The number of aryl methyl sites for hydroxylation is 3. The summed E-state index contributed by atoms with van der Waals surface area (Å²) in [4.78, 5) is 15.0. The van der Waals surface area contributed by atoms with Gasteiger partial charge in [0.25, 0.3) is 5.91 Å². The van der Waals surface area contributed by atoms with Gasteiger partial charge in [-0.25, -0.2) is 0 Å². The molecule has 1 heterocycles. The van der Waals surface area contributed by atoms with Crippen LogP contribution in [0.5, 0.6) is 0 Å². The highest BCUT2D eigenvalue weighted by Crippen LogP contribution is 2.23. The van der Waals surface area contributed by atoms with E-state index in [2.05, 4.69) is 19.1 Å². The fourth-order valence-corrected chi connectivity index (χ4v) is 3.35. The number of amides is 1. The summed E-state index contributed by atoms with van der Waals surface area (Å²) in [6, 6.07) is 4.38. The Morgan fingerprint density at radius 3 is 2.45 bits per heavy atom. The van der Waals surface area contributed by atoms with Crippen molar-refractivity contribution in [2.75, 3.05) is 13.1 Å². The van der Waals surface area contributed by atoms with Gasteiger partial charge in [-0.3, -0.25) is 4.79 Å². The number of nitrogens with zero attached hydrogens (tertiary/aromatic N) is 1. The number of carbonyl (C=O) groups excluding carboxylic acids is 1. The number of carbonyl (C=O) groups is 1. The molecule has 1 fully saturated rings. The van der Waals surface area contributed by atoms with Gasteiger partial charge in [-0.2, -0.15) is 0 Å². The van der Waals surface area contributed by atoms with Crippen LogP contribution in [0.1, 0.15) is 52.7 Å². The largest absolute Gasteiger partial charge is 0.334 e. The van der Waals surface area contributed by atoms with Gasteiger partial charge in [0.05, 0.1) is 0 Å². The molecule has 1 aliphatic rings. The quantitative estimate of drug-likeness (QED) is 0.901. The van der Waals surface area contributed by atoms with E-state index < -0.39 is 0 Å². The summed E-state index contributed by atoms with van der Waals surface area (Å²) in [5, 5.41) is 0. The van der Waals surface area contributed by atoms with Crippen LogP contribution in [0, 0.1) is 20.8 Å². The Labute approximate surface area is 122 Å². The molecule has 1 aromatic rings. The van der Waals surface area contributed by atoms with Crippen LogP contribution in [0.15, 0.2) is 12.1 Å². The topological polar surface area (TPSA) is 46.3 Å². The molecule has 1 aromatic carbocycles. The lowest BCUT2D eigenvalue weighted by Crippen LogP contribution is -2.44. The number of likely N-dealkylation sites (tertiary alicyclic amines) is 1. The van der Waals surface area contributed by atoms with E-state index in [0.29, 0.717) is 6.54 Å². The number of hydrogen-bond acceptors (Lipinski definition) is 2. The van der Waals surface area contributed by atoms with Crippen LogP contribution < -0.4 is 5.73 Å². The van der Waals surface area contributed by atoms with Crippen molar-refractivity contribution in [2.45, 2.75) is 52.5 Å². The number of rotatable bonds is 2. The van der Waals surface area contributed by atoms with Crippen LogP contribution in [-0.4, -0.2) is 29.9 Å². The van der Waals surface area contributed by atoms with E-state index >= 15 is 0 Å². The van der Waals surface area contributed by atoms with Gasteiger partial charge in [0.15, 0.2) is 0 Å². The SMILES string of the molecule is Cc1cc(C)c(C(=O)N2CCCCCC2CN)c(C)c1. The molecule has 3 heteroatoms. The zero-order valence-electron chi connectivity index (χ0n) is 12.9. The van der Waals surface area contributed by atoms with Crippen LogP contribution in [0.25, 0.3) is 0 Å². The molecule has 110 valence electrons. The van der Waals surface area contributed by atoms with Crippen LogP contribution in [0.2, 0.25) is 0 Å². The van der Waals surface area contributed by atoms with Gasteiger partial charge in [-0.15, -0.1) is 0 Å². The van der Waals surface area contributed by atoms with Crippen molar-refractivity contribution in [3.05, 3.63) is 34.4 Å². The minimum Gasteiger partial charge on any atom is -0.334 e. The highest BCUT2D eigenvalue weighted by atomic mass is 16.2. The maximum absolute atomic E-state index is 12.9. The summed E-state index contributed by atoms with van der Waals surface area (Å²) in [6.45, 7) is 7.54. The van der Waals surface area contributed by atoms with Crippen molar-refractivity contribution < 1.29 is 4.79 Å². The average molecular weight is 274 g/mol. The molecule has 1 amide bonds. The molecule has 0 bridgehead atoms. The van der Waals surface area contributed by atoms with Crippen molar-refractivity contribution in [2.24, 2.45) is 5.73 Å². The second-order valence-electron chi connectivity index (χ2n) is 6.01. The van der Waals surface area contributed by atoms with Crippen molar-refractivity contribution in [3.8, 4) is 0 Å². The van der Waals surface area contributed by atoms with Crippen LogP contribution in [0.4, 0.5) is 0 Å². The Balaban J connectivity index is 2.34. The summed E-state index contributed by atoms with van der Waals surface area (Å²) >= 11 is 0. The summed E-state index contributed by atoms with van der Waals surface area (Å²) in [6.07, 6.45) is 4.50. The van der Waals surface area contributed by atoms with E-state index in [-0.39, 0.29) is 11.9 Å². The lowest BCUT2D eigenvalue weighted by Gasteiger charge is -2.30. The summed E-state index contributed by atoms with van der Waals surface area (Å²) in [5.74, 6) is 0.164. The molecule has 1 atom stereocenters. The van der Waals surface area contributed by atoms with Gasteiger partial charge in [-0.05, 0) is 44.7 Å². The number of hydrogen-bond donors (Lipinski definition) is 1. The first-order valence-corrected chi connectivity index (χ1v) is 7.63. The lowest BCUT2D eigenvalue weighted by atomic mass is 9.98. The third-order valence-corrected chi connectivity index (χ3v) is 4.30. The second kappa shape index (κ2) is 6.40. The maximum atomic E-state index is 12.9. The Kier molecular flexibility index (Phi) is 4.81. The van der Waals surface area contributed by atoms with Crippen LogP contribution >= 0.6 is 0 Å². The van der Waals surface area contributed by atoms with E-state index in [1.165, 1.54) is 18.4 Å². The van der Waals surface area contributed by atoms with Crippen molar-refractivity contribution in [1.82, 2.24) is 4.90 Å². The molecule has 0 aromatic heterocycles. The number of benzene rings is 1. The normalized spacial score (nSPS) is 19.8. The molecule has 0 spiro atoms. The minimum atomic E-state index is 0.164. The third-order valence-electron chi connectivity index (χ3n) is 4.30. The van der Waals surface area contributed by atoms with E-state index in [1.807, 2.05) is 18.7 Å². The van der Waals surface area contributed by atoms with E-state index in [1.54, 1.807) is 0 Å². The zero-order chi connectivity index (χ0) is 14.7. The van der Waals surface area contributed by atoms with Gasteiger partial charge in [0, 0.05) is 24.7 Å². The van der Waals surface area contributed by atoms with Crippen LogP contribution in [-0.2, 0) is 0 Å². The minimum absolute atomic E-state index is 0.164. The van der Waals surface area contributed by atoms with Crippen molar-refractivity contribution in [3.63, 3.8) is 0 Å². The fraction of sp³-hybridized carbons (Fsp3) is 0.588. The molecular formula is C17H26N2O. The lowest BCUT2D eigenvalue weighted by molar-refractivity contribution is 0.0687. The smallest absolute Gasteiger partial charge is 0.254 e. The number of nitrogens with two attached hydrogens (primary N) is 1. The first-order chi connectivity index (χ1) is 9.54. The molecule has 2 rings (SSSR count). The summed E-state index contributed by atoms with van der Waals surface area (Å²) < 4.78 is 0. The van der Waals surface area contributed by atoms with Gasteiger partial charge < -0.3 is 10.6 Å². The standard InChI is InChI=1S/C17H26N2O/c1-12-9-13(2)16(14(3)10-12)17(20)19-8-6-4-5-7-15(19)11-18/h9-10,15H,4-8,11,18H2,1-3H3. The zero-order valence-corrected chi connectivity index (χ0v) is 12.9. The van der Waals surface area contributed by atoms with Gasteiger partial charge in [0.1, 0.15) is 0 Å². The molecule has 0 radical (unpaired) electrons. The monoisotopic (exact) mass is 274 g/mol. The van der Waals surface area contributed by atoms with Gasteiger partial charge in [-0.1, -0.05) is 30.5 Å². The molecule has 1 unspecified atom stereocenters. The van der Waals surface area contributed by atoms with Crippen molar-refractivity contribution >= 4 is 5.91 Å². The Bertz CT molecular complexity index is 473. The van der Waals surface area contributed by atoms with Crippen molar-refractivity contribution in [1.29, 1.82) is 0 Å². The molecule has 1 saturated heterocycles. The fourth-order valence-electron chi connectivity index (χ4n) is 3.35. The molecule has 0 saturated carbocycles. The van der Waals surface area contributed by atoms with Gasteiger partial charge in [0.2, 0.25) is 0 Å². The summed E-state index contributed by atoms with van der Waals surface area (Å²) in [7, 11) is 0. The molecular weight excluding hydrogens is 248 g/mol. The van der Waals surface area contributed by atoms with E-state index in [0.717, 1.165) is 36.1 Å². The maximum Gasteiger partial charge on any atom is 0.254 e. The molecule has 3 nitrogen and oxygen atoms in total. The molecule has 20 heavy (non-hydrogen) atoms. The van der Waals surface area contributed by atoms with Crippen LogP contribution in [0.3, 0.4) is 0 Å². The van der Waals surface area contributed by atoms with E-state index in [9.17, 15) is 4.79 Å². The highest BCUT2D eigenvalue weighted by molar-refractivity contribution is 5.97. The Hall–Kier alpha value is -1.35. The Morgan fingerprint density at radius 1 is 1.20 bits per heavy atom. The first-order valence-electron chi connectivity index (χ1n) is 7.63. The molecule has 2 N–H and O–H groups in total. The second-order valence-corrected chi connectivity index (χ2v) is 6.01. The third kappa shape index (κ3) is 3.04. The molecule has 0 aliphatic carbocycles. The average Bonchev–Trinajstić information content (AvgIpc) is 2.62.